The first-order valence-corrected chi connectivity index (χ1v) is 8.08. The van der Waals surface area contributed by atoms with Crippen LogP contribution in [0, 0.1) is 0 Å². The third-order valence-electron chi connectivity index (χ3n) is 3.89. The Morgan fingerprint density at radius 3 is 2.91 bits per heavy atom. The van der Waals surface area contributed by atoms with Crippen molar-refractivity contribution in [3.8, 4) is 0 Å². The van der Waals surface area contributed by atoms with Gasteiger partial charge in [0.1, 0.15) is 0 Å². The van der Waals surface area contributed by atoms with Gasteiger partial charge in [-0.05, 0) is 38.5 Å². The second kappa shape index (κ2) is 7.97. The third-order valence-corrected chi connectivity index (χ3v) is 3.89. The summed E-state index contributed by atoms with van der Waals surface area (Å²) in [6.45, 7) is 7.64. The average Bonchev–Trinajstić information content (AvgIpc) is 2.54. The number of morpholine rings is 1. The van der Waals surface area contributed by atoms with Crippen molar-refractivity contribution in [2.24, 2.45) is 0 Å². The molecule has 0 bridgehead atoms. The molecule has 2 N–H and O–H groups in total. The number of ether oxygens (including phenoxy) is 1. The van der Waals surface area contributed by atoms with Crippen LogP contribution in [0.1, 0.15) is 37.6 Å². The second-order valence-corrected chi connectivity index (χ2v) is 5.92. The standard InChI is InChI=1S/C17H25N3O3/c1-4-12(2)18-17(22)19-15-7-5-6-14(10-15)16(21)20-8-9-23-13(3)11-20/h5-7,10,12-13H,4,8-9,11H2,1-3H3,(H2,18,19,22). The molecule has 1 saturated heterocycles. The summed E-state index contributed by atoms with van der Waals surface area (Å²) in [6, 6.07) is 6.86. The Balaban J connectivity index is 2.01. The van der Waals surface area contributed by atoms with Crippen LogP contribution in [0.3, 0.4) is 0 Å². The van der Waals surface area contributed by atoms with E-state index in [0.717, 1.165) is 6.42 Å². The van der Waals surface area contributed by atoms with Crippen molar-refractivity contribution >= 4 is 17.6 Å². The zero-order valence-corrected chi connectivity index (χ0v) is 14.0. The molecule has 23 heavy (non-hydrogen) atoms. The van der Waals surface area contributed by atoms with Gasteiger partial charge in [-0.25, -0.2) is 4.79 Å². The Hall–Kier alpha value is -2.08. The van der Waals surface area contributed by atoms with Gasteiger partial charge in [0.25, 0.3) is 5.91 Å². The van der Waals surface area contributed by atoms with Crippen LogP contribution in [0.2, 0.25) is 0 Å². The summed E-state index contributed by atoms with van der Waals surface area (Å²) in [5.41, 5.74) is 1.18. The maximum Gasteiger partial charge on any atom is 0.319 e. The van der Waals surface area contributed by atoms with Gasteiger partial charge < -0.3 is 20.3 Å². The maximum absolute atomic E-state index is 12.5. The molecule has 0 spiro atoms. The van der Waals surface area contributed by atoms with Crippen LogP contribution < -0.4 is 10.6 Å². The van der Waals surface area contributed by atoms with E-state index in [2.05, 4.69) is 10.6 Å². The maximum atomic E-state index is 12.5. The van der Waals surface area contributed by atoms with Crippen LogP contribution >= 0.6 is 0 Å². The van der Waals surface area contributed by atoms with Gasteiger partial charge in [0.15, 0.2) is 0 Å². The molecule has 0 aromatic heterocycles. The Bertz CT molecular complexity index is 562. The van der Waals surface area contributed by atoms with E-state index in [1.807, 2.05) is 20.8 Å². The lowest BCUT2D eigenvalue weighted by Crippen LogP contribution is -2.44. The zero-order chi connectivity index (χ0) is 16.8. The monoisotopic (exact) mass is 319 g/mol. The number of hydrogen-bond acceptors (Lipinski definition) is 3. The van der Waals surface area contributed by atoms with E-state index >= 15 is 0 Å². The van der Waals surface area contributed by atoms with Gasteiger partial charge in [-0.1, -0.05) is 13.0 Å². The summed E-state index contributed by atoms with van der Waals surface area (Å²) in [6.07, 6.45) is 0.913. The fraction of sp³-hybridized carbons (Fsp3) is 0.529. The molecule has 6 heteroatoms. The van der Waals surface area contributed by atoms with E-state index in [4.69, 9.17) is 4.74 Å². The predicted molar refractivity (Wildman–Crippen MR) is 89.7 cm³/mol. The van der Waals surface area contributed by atoms with Gasteiger partial charge in [-0.3, -0.25) is 4.79 Å². The fourth-order valence-corrected chi connectivity index (χ4v) is 2.41. The minimum Gasteiger partial charge on any atom is -0.375 e. The smallest absolute Gasteiger partial charge is 0.319 e. The topological polar surface area (TPSA) is 70.7 Å². The number of nitrogens with zero attached hydrogens (tertiary/aromatic N) is 1. The minimum atomic E-state index is -0.260. The van der Waals surface area contributed by atoms with Gasteiger partial charge in [-0.15, -0.1) is 0 Å². The summed E-state index contributed by atoms with van der Waals surface area (Å²) in [5, 5.41) is 5.60. The highest BCUT2D eigenvalue weighted by Gasteiger charge is 2.22. The molecular formula is C17H25N3O3. The lowest BCUT2D eigenvalue weighted by atomic mass is 10.1. The third kappa shape index (κ3) is 4.96. The van der Waals surface area contributed by atoms with Crippen molar-refractivity contribution in [1.82, 2.24) is 10.2 Å². The number of benzene rings is 1. The SMILES string of the molecule is CCC(C)NC(=O)Nc1cccc(C(=O)N2CCOC(C)C2)c1. The lowest BCUT2D eigenvalue weighted by molar-refractivity contribution is -0.0124. The van der Waals surface area contributed by atoms with Crippen LogP contribution in [0.15, 0.2) is 24.3 Å². The molecule has 0 aliphatic carbocycles. The van der Waals surface area contributed by atoms with E-state index < -0.39 is 0 Å². The second-order valence-electron chi connectivity index (χ2n) is 5.92. The molecule has 0 saturated carbocycles. The summed E-state index contributed by atoms with van der Waals surface area (Å²) < 4.78 is 5.46. The minimum absolute atomic E-state index is 0.0360. The molecule has 1 aromatic carbocycles. The first-order valence-electron chi connectivity index (χ1n) is 8.08. The van der Waals surface area contributed by atoms with Crippen LogP contribution in [0.5, 0.6) is 0 Å². The van der Waals surface area contributed by atoms with E-state index in [-0.39, 0.29) is 24.1 Å². The number of carbonyl (C=O) groups is 2. The largest absolute Gasteiger partial charge is 0.375 e. The van der Waals surface area contributed by atoms with Crippen LogP contribution in [-0.2, 0) is 4.74 Å². The van der Waals surface area contributed by atoms with E-state index in [9.17, 15) is 9.59 Å². The number of nitrogens with one attached hydrogen (secondary N) is 2. The molecule has 1 aromatic rings. The van der Waals surface area contributed by atoms with Crippen LogP contribution in [-0.4, -0.2) is 48.7 Å². The lowest BCUT2D eigenvalue weighted by Gasteiger charge is -2.31. The first kappa shape index (κ1) is 17.3. The molecule has 126 valence electrons. The molecule has 1 aliphatic rings. The highest BCUT2D eigenvalue weighted by molar-refractivity contribution is 5.97. The summed E-state index contributed by atoms with van der Waals surface area (Å²) in [7, 11) is 0. The molecule has 2 atom stereocenters. The van der Waals surface area contributed by atoms with E-state index in [1.165, 1.54) is 0 Å². The van der Waals surface area contributed by atoms with Gasteiger partial charge in [0, 0.05) is 30.4 Å². The van der Waals surface area contributed by atoms with Gasteiger partial charge in [0.05, 0.1) is 12.7 Å². The van der Waals surface area contributed by atoms with Crippen molar-refractivity contribution in [2.45, 2.75) is 39.3 Å². The van der Waals surface area contributed by atoms with Crippen LogP contribution in [0.4, 0.5) is 10.5 Å². The van der Waals surface area contributed by atoms with Crippen molar-refractivity contribution in [1.29, 1.82) is 0 Å². The van der Waals surface area contributed by atoms with E-state index in [0.29, 0.717) is 30.9 Å². The summed E-state index contributed by atoms with van der Waals surface area (Å²) in [5.74, 6) is -0.0360. The highest BCUT2D eigenvalue weighted by Crippen LogP contribution is 2.15. The van der Waals surface area contributed by atoms with Crippen molar-refractivity contribution in [3.05, 3.63) is 29.8 Å². The molecular weight excluding hydrogens is 294 g/mol. The van der Waals surface area contributed by atoms with Crippen molar-refractivity contribution in [3.63, 3.8) is 0 Å². The van der Waals surface area contributed by atoms with Crippen molar-refractivity contribution in [2.75, 3.05) is 25.0 Å². The zero-order valence-electron chi connectivity index (χ0n) is 14.0. The Kier molecular flexibility index (Phi) is 5.98. The Labute approximate surface area is 137 Å². The Morgan fingerprint density at radius 1 is 1.43 bits per heavy atom. The Morgan fingerprint density at radius 2 is 2.22 bits per heavy atom. The average molecular weight is 319 g/mol. The van der Waals surface area contributed by atoms with Crippen molar-refractivity contribution < 1.29 is 14.3 Å². The van der Waals surface area contributed by atoms with Crippen LogP contribution in [0.25, 0.3) is 0 Å². The highest BCUT2D eigenvalue weighted by atomic mass is 16.5. The van der Waals surface area contributed by atoms with Gasteiger partial charge in [0.2, 0.25) is 0 Å². The summed E-state index contributed by atoms with van der Waals surface area (Å²) in [4.78, 5) is 26.2. The van der Waals surface area contributed by atoms with Gasteiger partial charge >= 0.3 is 6.03 Å². The van der Waals surface area contributed by atoms with Gasteiger partial charge in [-0.2, -0.15) is 0 Å². The number of carbonyl (C=O) groups excluding carboxylic acids is 2. The molecule has 0 radical (unpaired) electrons. The molecule has 1 aliphatic heterocycles. The molecule has 3 amide bonds. The number of amides is 3. The quantitative estimate of drug-likeness (QED) is 0.895. The molecule has 2 unspecified atom stereocenters. The first-order chi connectivity index (χ1) is 11.0. The summed E-state index contributed by atoms with van der Waals surface area (Å²) >= 11 is 0. The predicted octanol–water partition coefficient (Wildman–Crippen LogP) is 2.47. The number of hydrogen-bond donors (Lipinski definition) is 2. The molecule has 1 heterocycles. The van der Waals surface area contributed by atoms with E-state index in [1.54, 1.807) is 29.2 Å². The number of rotatable bonds is 4. The molecule has 2 rings (SSSR count). The molecule has 6 nitrogen and oxygen atoms in total. The number of urea groups is 1. The normalized spacial score (nSPS) is 19.1. The molecule has 1 fully saturated rings. The number of anilines is 1. The fourth-order valence-electron chi connectivity index (χ4n) is 2.41.